The van der Waals surface area contributed by atoms with Crippen molar-refractivity contribution in [1.82, 2.24) is 4.90 Å². The molecule has 1 atom stereocenters. The molecule has 1 heterocycles. The van der Waals surface area contributed by atoms with Crippen LogP contribution in [0.15, 0.2) is 18.2 Å². The normalized spacial score (nSPS) is 19.6. The molecule has 0 spiro atoms. The van der Waals surface area contributed by atoms with E-state index in [0.717, 1.165) is 18.9 Å². The second-order valence-electron chi connectivity index (χ2n) is 5.48. The lowest BCUT2D eigenvalue weighted by molar-refractivity contribution is 0.0684. The topological polar surface area (TPSA) is 54.5 Å². The summed E-state index contributed by atoms with van der Waals surface area (Å²) in [5.74, 6) is -0.756. The largest absolute Gasteiger partial charge is 0.338 e. The molecule has 0 aliphatic carbocycles. The Balaban J connectivity index is 2.12. The summed E-state index contributed by atoms with van der Waals surface area (Å²) in [5, 5.41) is 0.0743. The Morgan fingerprint density at radius 2 is 2.19 bits per heavy atom. The number of amides is 1. The van der Waals surface area contributed by atoms with Crippen LogP contribution in [0, 0.1) is 11.7 Å². The van der Waals surface area contributed by atoms with E-state index in [-0.39, 0.29) is 28.2 Å². The molecule has 1 aliphatic rings. The number of hydrogen-bond donors (Lipinski definition) is 0. The molecule has 1 amide bonds. The Hall–Kier alpha value is -1.14. The lowest BCUT2D eigenvalue weighted by Crippen LogP contribution is -2.41. The van der Waals surface area contributed by atoms with Gasteiger partial charge >= 0.3 is 0 Å². The summed E-state index contributed by atoms with van der Waals surface area (Å²) in [7, 11) is -3.06. The number of hydrogen-bond acceptors (Lipinski definition) is 3. The van der Waals surface area contributed by atoms with Crippen molar-refractivity contribution < 1.29 is 17.6 Å². The van der Waals surface area contributed by atoms with Gasteiger partial charge < -0.3 is 4.90 Å². The van der Waals surface area contributed by atoms with Gasteiger partial charge in [0.05, 0.1) is 16.3 Å². The van der Waals surface area contributed by atoms with Gasteiger partial charge in [-0.25, -0.2) is 12.8 Å². The van der Waals surface area contributed by atoms with Crippen LogP contribution in [0.4, 0.5) is 4.39 Å². The molecule has 7 heteroatoms. The first-order valence-corrected chi connectivity index (χ1v) is 9.12. The summed E-state index contributed by atoms with van der Waals surface area (Å²) in [4.78, 5) is 14.0. The van der Waals surface area contributed by atoms with Gasteiger partial charge in [-0.05, 0) is 37.0 Å². The Bertz CT molecular complexity index is 648. The summed E-state index contributed by atoms with van der Waals surface area (Å²) >= 11 is 5.90. The molecule has 2 rings (SSSR count). The average Bonchev–Trinajstić information content (AvgIpc) is 2.36. The van der Waals surface area contributed by atoms with Crippen LogP contribution in [0.5, 0.6) is 0 Å². The lowest BCUT2D eigenvalue weighted by atomic mass is 9.99. The third-order valence-electron chi connectivity index (χ3n) is 3.51. The molecule has 0 N–H and O–H groups in total. The van der Waals surface area contributed by atoms with Crippen LogP contribution in [0.1, 0.15) is 23.2 Å². The van der Waals surface area contributed by atoms with Gasteiger partial charge in [0.15, 0.2) is 0 Å². The van der Waals surface area contributed by atoms with Crippen LogP contribution in [-0.2, 0) is 9.84 Å². The van der Waals surface area contributed by atoms with Crippen LogP contribution in [0.2, 0.25) is 5.02 Å². The highest BCUT2D eigenvalue weighted by atomic mass is 35.5. The molecular weight excluding hydrogens is 317 g/mol. The number of nitrogens with zero attached hydrogens (tertiary/aromatic N) is 1. The van der Waals surface area contributed by atoms with Crippen LogP contribution < -0.4 is 0 Å². The van der Waals surface area contributed by atoms with E-state index in [1.807, 2.05) is 0 Å². The third-order valence-corrected chi connectivity index (χ3v) is 4.90. The fraction of sp³-hybridized carbons (Fsp3) is 0.500. The smallest absolute Gasteiger partial charge is 0.255 e. The molecule has 0 aromatic heterocycles. The van der Waals surface area contributed by atoms with Crippen LogP contribution in [0.25, 0.3) is 0 Å². The van der Waals surface area contributed by atoms with Gasteiger partial charge in [-0.1, -0.05) is 11.6 Å². The summed E-state index contributed by atoms with van der Waals surface area (Å²) < 4.78 is 35.8. The van der Waals surface area contributed by atoms with Gasteiger partial charge in [-0.15, -0.1) is 0 Å². The van der Waals surface area contributed by atoms with Crippen molar-refractivity contribution in [3.05, 3.63) is 34.6 Å². The second kappa shape index (κ2) is 6.32. The van der Waals surface area contributed by atoms with Gasteiger partial charge in [0.1, 0.15) is 15.7 Å². The molecule has 0 unspecified atom stereocenters. The van der Waals surface area contributed by atoms with Crippen molar-refractivity contribution in [2.45, 2.75) is 12.8 Å². The molecule has 0 saturated carbocycles. The molecule has 1 saturated heterocycles. The third kappa shape index (κ3) is 4.41. The first-order valence-electron chi connectivity index (χ1n) is 6.68. The quantitative estimate of drug-likeness (QED) is 0.853. The molecule has 4 nitrogen and oxygen atoms in total. The van der Waals surface area contributed by atoms with Crippen molar-refractivity contribution in [1.29, 1.82) is 0 Å². The molecule has 1 aromatic rings. The highest BCUT2D eigenvalue weighted by molar-refractivity contribution is 7.90. The summed E-state index contributed by atoms with van der Waals surface area (Å²) in [6.07, 6.45) is 2.74. The molecule has 21 heavy (non-hydrogen) atoms. The molecular formula is C14H17ClFNO3S. The van der Waals surface area contributed by atoms with Crippen molar-refractivity contribution in [2.75, 3.05) is 25.1 Å². The number of sulfone groups is 1. The molecule has 1 aliphatic heterocycles. The first-order chi connectivity index (χ1) is 9.76. The highest BCUT2D eigenvalue weighted by Crippen LogP contribution is 2.23. The van der Waals surface area contributed by atoms with Crippen molar-refractivity contribution in [3.8, 4) is 0 Å². The Morgan fingerprint density at radius 3 is 2.81 bits per heavy atom. The summed E-state index contributed by atoms with van der Waals surface area (Å²) in [5.41, 5.74) is 0.248. The van der Waals surface area contributed by atoms with E-state index in [1.165, 1.54) is 18.4 Å². The average molecular weight is 334 g/mol. The number of rotatable bonds is 3. The maximum absolute atomic E-state index is 13.0. The minimum absolute atomic E-state index is 0.0584. The number of likely N-dealkylation sites (tertiary alicyclic amines) is 1. The minimum Gasteiger partial charge on any atom is -0.338 e. The number of carbonyl (C=O) groups excluding carboxylic acids is 1. The zero-order chi connectivity index (χ0) is 15.6. The van der Waals surface area contributed by atoms with Crippen LogP contribution >= 0.6 is 11.6 Å². The van der Waals surface area contributed by atoms with Gasteiger partial charge in [0, 0.05) is 19.3 Å². The molecule has 116 valence electrons. The van der Waals surface area contributed by atoms with Crippen LogP contribution in [0.3, 0.4) is 0 Å². The Morgan fingerprint density at radius 1 is 1.48 bits per heavy atom. The zero-order valence-electron chi connectivity index (χ0n) is 11.7. The zero-order valence-corrected chi connectivity index (χ0v) is 13.3. The predicted molar refractivity (Wildman–Crippen MR) is 79.7 cm³/mol. The first kappa shape index (κ1) is 16.2. The van der Waals surface area contributed by atoms with E-state index in [1.54, 1.807) is 4.90 Å². The van der Waals surface area contributed by atoms with Gasteiger partial charge in [-0.3, -0.25) is 4.79 Å². The second-order valence-corrected chi connectivity index (χ2v) is 8.07. The van der Waals surface area contributed by atoms with Crippen molar-refractivity contribution in [3.63, 3.8) is 0 Å². The van der Waals surface area contributed by atoms with E-state index in [2.05, 4.69) is 0 Å². The number of benzene rings is 1. The number of carbonyl (C=O) groups is 1. The Kier molecular flexibility index (Phi) is 4.88. The summed E-state index contributed by atoms with van der Waals surface area (Å²) in [6.45, 7) is 0.951. The Labute approximate surface area is 128 Å². The summed E-state index contributed by atoms with van der Waals surface area (Å²) in [6, 6.07) is 3.66. The van der Waals surface area contributed by atoms with E-state index in [0.29, 0.717) is 13.1 Å². The maximum atomic E-state index is 13.0. The maximum Gasteiger partial charge on any atom is 0.255 e. The fourth-order valence-electron chi connectivity index (χ4n) is 2.65. The van der Waals surface area contributed by atoms with Crippen LogP contribution in [-0.4, -0.2) is 44.3 Å². The molecule has 0 bridgehead atoms. The van der Waals surface area contributed by atoms with E-state index in [4.69, 9.17) is 11.6 Å². The SMILES string of the molecule is CS(=O)(=O)C[C@@H]1CCCN(C(=O)c2ccc(F)cc2Cl)C1. The van der Waals surface area contributed by atoms with Gasteiger partial charge in [-0.2, -0.15) is 0 Å². The van der Waals surface area contributed by atoms with Crippen molar-refractivity contribution in [2.24, 2.45) is 5.92 Å². The monoisotopic (exact) mass is 333 g/mol. The standard InChI is InChI=1S/C14H17ClFNO3S/c1-21(19,20)9-10-3-2-6-17(8-10)14(18)12-5-4-11(16)7-13(12)15/h4-5,7,10H,2-3,6,8-9H2,1H3/t10-/m1/s1. The number of piperidine rings is 1. The highest BCUT2D eigenvalue weighted by Gasteiger charge is 2.27. The van der Waals surface area contributed by atoms with E-state index < -0.39 is 15.7 Å². The van der Waals surface area contributed by atoms with Crippen molar-refractivity contribution >= 4 is 27.3 Å². The molecule has 1 aromatic carbocycles. The van der Waals surface area contributed by atoms with E-state index >= 15 is 0 Å². The molecule has 0 radical (unpaired) electrons. The minimum atomic E-state index is -3.06. The van der Waals surface area contributed by atoms with Gasteiger partial charge in [0.2, 0.25) is 0 Å². The predicted octanol–water partition coefficient (Wildman–Crippen LogP) is 2.38. The van der Waals surface area contributed by atoms with Gasteiger partial charge in [0.25, 0.3) is 5.91 Å². The molecule has 1 fully saturated rings. The number of halogens is 2. The van der Waals surface area contributed by atoms with E-state index in [9.17, 15) is 17.6 Å². The fourth-order valence-corrected chi connectivity index (χ4v) is 4.02. The lowest BCUT2D eigenvalue weighted by Gasteiger charge is -2.32.